The van der Waals surface area contributed by atoms with Crippen LogP contribution in [0.25, 0.3) is 0 Å². The summed E-state index contributed by atoms with van der Waals surface area (Å²) in [7, 11) is -3.51. The molecule has 3 rings (SSSR count). The predicted octanol–water partition coefficient (Wildman–Crippen LogP) is 3.15. The molecule has 1 atom stereocenters. The van der Waals surface area contributed by atoms with E-state index in [1.165, 1.54) is 0 Å². The Hall–Kier alpha value is -2.18. The lowest BCUT2D eigenvalue weighted by Gasteiger charge is -2.33. The van der Waals surface area contributed by atoms with Crippen LogP contribution >= 0.6 is 0 Å². The Morgan fingerprint density at radius 1 is 1.04 bits per heavy atom. The van der Waals surface area contributed by atoms with Crippen LogP contribution < -0.4 is 4.72 Å². The third-order valence-corrected chi connectivity index (χ3v) is 6.61. The molecule has 2 aromatic carbocycles. The van der Waals surface area contributed by atoms with Crippen molar-refractivity contribution in [1.82, 2.24) is 9.62 Å². The van der Waals surface area contributed by atoms with Gasteiger partial charge in [0.15, 0.2) is 0 Å². The molecular formula is C21H26N2O3S. The second-order valence-corrected chi connectivity index (χ2v) is 8.82. The number of amides is 1. The maximum Gasteiger partial charge on any atom is 0.240 e. The van der Waals surface area contributed by atoms with E-state index >= 15 is 0 Å². The van der Waals surface area contributed by atoms with Crippen LogP contribution in [-0.2, 0) is 14.8 Å². The Bertz CT molecular complexity index is 846. The Morgan fingerprint density at radius 2 is 1.59 bits per heavy atom. The number of hydrogen-bond acceptors (Lipinski definition) is 3. The highest BCUT2D eigenvalue weighted by molar-refractivity contribution is 7.89. The number of benzene rings is 2. The third kappa shape index (κ3) is 5.17. The fourth-order valence-electron chi connectivity index (χ4n) is 3.42. The zero-order chi connectivity index (χ0) is 19.3. The zero-order valence-electron chi connectivity index (χ0n) is 15.5. The van der Waals surface area contributed by atoms with Crippen molar-refractivity contribution in [2.24, 2.45) is 0 Å². The van der Waals surface area contributed by atoms with Gasteiger partial charge < -0.3 is 4.90 Å². The first-order valence-corrected chi connectivity index (χ1v) is 10.8. The number of nitrogens with one attached hydrogen (secondary N) is 1. The largest absolute Gasteiger partial charge is 0.343 e. The van der Waals surface area contributed by atoms with Gasteiger partial charge in [-0.05, 0) is 36.5 Å². The van der Waals surface area contributed by atoms with Gasteiger partial charge in [-0.3, -0.25) is 4.79 Å². The van der Waals surface area contributed by atoms with Crippen molar-refractivity contribution >= 4 is 15.9 Å². The van der Waals surface area contributed by atoms with Gasteiger partial charge in [-0.15, -0.1) is 0 Å². The van der Waals surface area contributed by atoms with Crippen molar-refractivity contribution in [1.29, 1.82) is 0 Å². The van der Waals surface area contributed by atoms with Crippen molar-refractivity contribution in [3.8, 4) is 0 Å². The average molecular weight is 387 g/mol. The van der Waals surface area contributed by atoms with Crippen LogP contribution in [0, 0.1) is 0 Å². The quantitative estimate of drug-likeness (QED) is 0.829. The van der Waals surface area contributed by atoms with E-state index in [2.05, 4.69) is 11.6 Å². The summed E-state index contributed by atoms with van der Waals surface area (Å²) in [5.74, 6) is 0.309. The summed E-state index contributed by atoms with van der Waals surface area (Å²) >= 11 is 0. The van der Waals surface area contributed by atoms with Crippen LogP contribution in [0.4, 0.5) is 0 Å². The minimum Gasteiger partial charge on any atom is -0.343 e. The van der Waals surface area contributed by atoms with Crippen molar-refractivity contribution in [2.45, 2.75) is 43.0 Å². The van der Waals surface area contributed by atoms with E-state index in [4.69, 9.17) is 0 Å². The number of carbonyl (C=O) groups is 1. The molecule has 1 heterocycles. The maximum atomic E-state index is 12.6. The molecule has 0 saturated carbocycles. The highest BCUT2D eigenvalue weighted by atomic mass is 32.2. The molecule has 1 aliphatic rings. The number of rotatable bonds is 6. The predicted molar refractivity (Wildman–Crippen MR) is 106 cm³/mol. The molecule has 1 unspecified atom stereocenters. The van der Waals surface area contributed by atoms with E-state index in [1.54, 1.807) is 30.3 Å². The Balaban J connectivity index is 1.51. The zero-order valence-corrected chi connectivity index (χ0v) is 16.4. The van der Waals surface area contributed by atoms with Crippen molar-refractivity contribution in [3.05, 3.63) is 66.2 Å². The molecule has 0 bridgehead atoms. The highest BCUT2D eigenvalue weighted by Crippen LogP contribution is 2.21. The summed E-state index contributed by atoms with van der Waals surface area (Å²) in [6, 6.07) is 18.3. The third-order valence-electron chi connectivity index (χ3n) is 5.07. The summed E-state index contributed by atoms with van der Waals surface area (Å²) in [5.41, 5.74) is 1.16. The van der Waals surface area contributed by atoms with Gasteiger partial charge in [0.1, 0.15) is 0 Å². The fraction of sp³-hybridized carbons (Fsp3) is 0.381. The molecule has 5 nitrogen and oxygen atoms in total. The first kappa shape index (κ1) is 19.6. The lowest BCUT2D eigenvalue weighted by atomic mass is 9.96. The van der Waals surface area contributed by atoms with Crippen LogP contribution in [0.3, 0.4) is 0 Å². The standard InChI is InChI=1S/C21H26N2O3S/c1-17(18-8-4-2-5-9-18)16-21(24)23-14-12-19(13-15-23)22-27(25,26)20-10-6-3-7-11-20/h2-11,17,19,22H,12-16H2,1H3. The lowest BCUT2D eigenvalue weighted by molar-refractivity contribution is -0.132. The molecular weight excluding hydrogens is 360 g/mol. The molecule has 6 heteroatoms. The Kier molecular flexibility index (Phi) is 6.29. The summed E-state index contributed by atoms with van der Waals surface area (Å²) in [6.07, 6.45) is 1.75. The van der Waals surface area contributed by atoms with Crippen molar-refractivity contribution in [2.75, 3.05) is 13.1 Å². The molecule has 144 valence electrons. The summed E-state index contributed by atoms with van der Waals surface area (Å²) < 4.78 is 27.6. The van der Waals surface area contributed by atoms with E-state index in [9.17, 15) is 13.2 Å². The SMILES string of the molecule is CC(CC(=O)N1CCC(NS(=O)(=O)c2ccccc2)CC1)c1ccccc1. The van der Waals surface area contributed by atoms with Gasteiger partial charge >= 0.3 is 0 Å². The minimum atomic E-state index is -3.51. The van der Waals surface area contributed by atoms with Gasteiger partial charge in [-0.1, -0.05) is 55.5 Å². The fourth-order valence-corrected chi connectivity index (χ4v) is 4.75. The first-order chi connectivity index (χ1) is 13.0. The average Bonchev–Trinajstić information content (AvgIpc) is 2.69. The van der Waals surface area contributed by atoms with Gasteiger partial charge in [0, 0.05) is 25.6 Å². The Labute approximate surface area is 161 Å². The molecule has 1 fully saturated rings. The summed E-state index contributed by atoms with van der Waals surface area (Å²) in [5, 5.41) is 0. The van der Waals surface area contributed by atoms with E-state index in [-0.39, 0.29) is 22.8 Å². The molecule has 1 saturated heterocycles. The normalized spacial score (nSPS) is 16.9. The number of hydrogen-bond donors (Lipinski definition) is 1. The molecule has 1 N–H and O–H groups in total. The molecule has 2 aromatic rings. The van der Waals surface area contributed by atoms with E-state index in [0.29, 0.717) is 32.4 Å². The van der Waals surface area contributed by atoms with Crippen LogP contribution in [0.1, 0.15) is 37.7 Å². The number of carbonyl (C=O) groups excluding carboxylic acids is 1. The second-order valence-electron chi connectivity index (χ2n) is 7.11. The van der Waals surface area contributed by atoms with Gasteiger partial charge in [-0.2, -0.15) is 0 Å². The van der Waals surface area contributed by atoms with Gasteiger partial charge in [-0.25, -0.2) is 13.1 Å². The molecule has 27 heavy (non-hydrogen) atoms. The molecule has 1 aliphatic heterocycles. The van der Waals surface area contributed by atoms with Gasteiger partial charge in [0.25, 0.3) is 0 Å². The molecule has 0 spiro atoms. The molecule has 0 aromatic heterocycles. The maximum absolute atomic E-state index is 12.6. The van der Waals surface area contributed by atoms with Crippen LogP contribution in [0.5, 0.6) is 0 Å². The van der Waals surface area contributed by atoms with Gasteiger partial charge in [0.2, 0.25) is 15.9 Å². The summed E-state index contributed by atoms with van der Waals surface area (Å²) in [6.45, 7) is 3.23. The van der Waals surface area contributed by atoms with Crippen molar-refractivity contribution in [3.63, 3.8) is 0 Å². The Morgan fingerprint density at radius 3 is 2.19 bits per heavy atom. The van der Waals surface area contributed by atoms with Crippen LogP contribution in [0.15, 0.2) is 65.6 Å². The highest BCUT2D eigenvalue weighted by Gasteiger charge is 2.27. The molecule has 0 aliphatic carbocycles. The number of piperidine rings is 1. The number of nitrogens with zero attached hydrogens (tertiary/aromatic N) is 1. The molecule has 0 radical (unpaired) electrons. The number of likely N-dealkylation sites (tertiary alicyclic amines) is 1. The first-order valence-electron chi connectivity index (χ1n) is 9.36. The van der Waals surface area contributed by atoms with Gasteiger partial charge in [0.05, 0.1) is 4.90 Å². The second kappa shape index (κ2) is 8.67. The van der Waals surface area contributed by atoms with Crippen LogP contribution in [0.2, 0.25) is 0 Å². The van der Waals surface area contributed by atoms with Crippen molar-refractivity contribution < 1.29 is 13.2 Å². The monoisotopic (exact) mass is 386 g/mol. The van der Waals surface area contributed by atoms with E-state index in [1.807, 2.05) is 35.2 Å². The summed E-state index contributed by atoms with van der Waals surface area (Å²) in [4.78, 5) is 14.7. The minimum absolute atomic E-state index is 0.134. The van der Waals surface area contributed by atoms with E-state index in [0.717, 1.165) is 5.56 Å². The smallest absolute Gasteiger partial charge is 0.240 e. The molecule has 1 amide bonds. The topological polar surface area (TPSA) is 66.5 Å². The van der Waals surface area contributed by atoms with E-state index < -0.39 is 10.0 Å². The number of sulfonamides is 1. The van der Waals surface area contributed by atoms with Crippen LogP contribution in [-0.4, -0.2) is 38.4 Å². The lowest BCUT2D eigenvalue weighted by Crippen LogP contribution is -2.46.